The monoisotopic (exact) mass is 401 g/mol. The maximum Gasteiger partial charge on any atom is 0.233 e. The summed E-state index contributed by atoms with van der Waals surface area (Å²) < 4.78 is 0. The molecular formula is C24H27N5O. The number of carbonyl (C=O) groups is 1. The third kappa shape index (κ3) is 3.36. The van der Waals surface area contributed by atoms with E-state index in [1.54, 1.807) is 0 Å². The molecule has 1 atom stereocenters. The Hall–Kier alpha value is -3.15. The lowest BCUT2D eigenvalue weighted by molar-refractivity contribution is -0.138. The zero-order chi connectivity index (χ0) is 20.6. The van der Waals surface area contributed by atoms with E-state index in [1.807, 2.05) is 35.2 Å². The van der Waals surface area contributed by atoms with Crippen LogP contribution in [0.15, 0.2) is 48.5 Å². The second kappa shape index (κ2) is 7.59. The first-order chi connectivity index (χ1) is 14.6. The second-order valence-corrected chi connectivity index (χ2v) is 8.59. The van der Waals surface area contributed by atoms with E-state index < -0.39 is 5.41 Å². The van der Waals surface area contributed by atoms with E-state index >= 15 is 0 Å². The number of anilines is 2. The normalized spacial score (nSPS) is 21.6. The standard InChI is InChI=1S/C24H27N5O/c1-24(17-9-4-2-5-10-17)14-7-3-6-11-18-12-8-13-21(25-18)26-22-19-15-29(23(24)30)16-20(19)27-28-22/h2,4-5,8-10,12-13H,3,6-7,11,14-16H2,1H3,(H2,25,26,27,28). The lowest BCUT2D eigenvalue weighted by Gasteiger charge is -2.33. The van der Waals surface area contributed by atoms with Crippen LogP contribution in [0, 0.1) is 0 Å². The van der Waals surface area contributed by atoms with Crippen molar-refractivity contribution < 1.29 is 4.79 Å². The lowest BCUT2D eigenvalue weighted by atomic mass is 9.76. The van der Waals surface area contributed by atoms with Crippen molar-refractivity contribution in [3.63, 3.8) is 0 Å². The van der Waals surface area contributed by atoms with E-state index in [-0.39, 0.29) is 5.91 Å². The molecule has 4 heterocycles. The summed E-state index contributed by atoms with van der Waals surface area (Å²) in [6.07, 6.45) is 4.95. The van der Waals surface area contributed by atoms with Crippen LogP contribution >= 0.6 is 0 Å². The molecule has 1 unspecified atom stereocenters. The van der Waals surface area contributed by atoms with Gasteiger partial charge in [-0.3, -0.25) is 9.89 Å². The number of rotatable bonds is 1. The van der Waals surface area contributed by atoms with Gasteiger partial charge in [-0.1, -0.05) is 49.2 Å². The Labute approximate surface area is 176 Å². The number of hydrogen-bond donors (Lipinski definition) is 2. The lowest BCUT2D eigenvalue weighted by Crippen LogP contribution is -2.43. The van der Waals surface area contributed by atoms with E-state index in [9.17, 15) is 4.79 Å². The minimum atomic E-state index is -0.526. The van der Waals surface area contributed by atoms with Crippen molar-refractivity contribution in [3.05, 3.63) is 71.0 Å². The van der Waals surface area contributed by atoms with Gasteiger partial charge in [0.05, 0.1) is 24.2 Å². The summed E-state index contributed by atoms with van der Waals surface area (Å²) in [5.41, 5.74) is 3.72. The molecule has 1 amide bonds. The molecule has 154 valence electrons. The molecule has 1 aromatic carbocycles. The third-order valence-corrected chi connectivity index (χ3v) is 6.48. The molecule has 0 spiro atoms. The van der Waals surface area contributed by atoms with Crippen LogP contribution in [0.1, 0.15) is 55.1 Å². The maximum atomic E-state index is 13.8. The van der Waals surface area contributed by atoms with E-state index in [0.29, 0.717) is 13.1 Å². The average molecular weight is 402 g/mol. The van der Waals surface area contributed by atoms with Crippen molar-refractivity contribution >= 4 is 17.5 Å². The molecule has 2 aromatic heterocycles. The molecule has 2 N–H and O–H groups in total. The fourth-order valence-electron chi connectivity index (χ4n) is 4.69. The number of benzene rings is 1. The Kier molecular flexibility index (Phi) is 4.77. The van der Waals surface area contributed by atoms with Gasteiger partial charge in [-0.15, -0.1) is 0 Å². The SMILES string of the molecule is CC1(c2ccccc2)CCCCCc2cccc(n2)Nc2n[nH]c3c2CN(C3)C1=O. The van der Waals surface area contributed by atoms with E-state index in [1.165, 1.54) is 0 Å². The van der Waals surface area contributed by atoms with Crippen molar-refractivity contribution in [1.82, 2.24) is 20.1 Å². The molecule has 0 saturated carbocycles. The van der Waals surface area contributed by atoms with Crippen LogP contribution in [0.3, 0.4) is 0 Å². The number of pyridine rings is 1. The highest BCUT2D eigenvalue weighted by Gasteiger charge is 2.40. The van der Waals surface area contributed by atoms with Gasteiger partial charge in [0.15, 0.2) is 5.82 Å². The first-order valence-corrected chi connectivity index (χ1v) is 10.8. The van der Waals surface area contributed by atoms with Gasteiger partial charge in [-0.25, -0.2) is 4.98 Å². The molecule has 0 saturated heterocycles. The van der Waals surface area contributed by atoms with E-state index in [4.69, 9.17) is 4.98 Å². The highest BCUT2D eigenvalue weighted by molar-refractivity contribution is 5.88. The highest BCUT2D eigenvalue weighted by atomic mass is 16.2. The van der Waals surface area contributed by atoms with Crippen LogP contribution in [0.5, 0.6) is 0 Å². The van der Waals surface area contributed by atoms with E-state index in [0.717, 1.165) is 66.3 Å². The van der Waals surface area contributed by atoms with Gasteiger partial charge in [-0.2, -0.15) is 5.10 Å². The summed E-state index contributed by atoms with van der Waals surface area (Å²) in [6.45, 7) is 3.24. The van der Waals surface area contributed by atoms with Crippen LogP contribution in [-0.2, 0) is 29.7 Å². The Morgan fingerprint density at radius 3 is 2.73 bits per heavy atom. The van der Waals surface area contributed by atoms with Gasteiger partial charge in [0, 0.05) is 11.3 Å². The summed E-state index contributed by atoms with van der Waals surface area (Å²) >= 11 is 0. The maximum absolute atomic E-state index is 13.8. The van der Waals surface area contributed by atoms with Crippen molar-refractivity contribution in [1.29, 1.82) is 0 Å². The van der Waals surface area contributed by atoms with E-state index in [2.05, 4.69) is 40.6 Å². The van der Waals surface area contributed by atoms with Crippen molar-refractivity contribution in [3.8, 4) is 0 Å². The molecule has 0 fully saturated rings. The first kappa shape index (κ1) is 18.9. The summed E-state index contributed by atoms with van der Waals surface area (Å²) in [5.74, 6) is 1.76. The van der Waals surface area contributed by atoms with Crippen LogP contribution in [0.25, 0.3) is 0 Å². The number of aromatic amines is 1. The number of amides is 1. The van der Waals surface area contributed by atoms with Crippen molar-refractivity contribution in [2.75, 3.05) is 5.32 Å². The molecule has 2 aliphatic heterocycles. The topological polar surface area (TPSA) is 73.9 Å². The number of nitrogens with one attached hydrogen (secondary N) is 2. The van der Waals surface area contributed by atoms with Crippen molar-refractivity contribution in [2.45, 2.75) is 57.5 Å². The average Bonchev–Trinajstić information content (AvgIpc) is 3.35. The Balaban J connectivity index is 1.51. The number of H-pyrrole nitrogens is 1. The molecule has 3 aromatic rings. The number of fused-ring (bicyclic) bond motifs is 3. The van der Waals surface area contributed by atoms with Crippen LogP contribution in [0.2, 0.25) is 0 Å². The van der Waals surface area contributed by atoms with Gasteiger partial charge in [0.1, 0.15) is 5.82 Å². The molecule has 6 nitrogen and oxygen atoms in total. The van der Waals surface area contributed by atoms with Gasteiger partial charge in [0.25, 0.3) is 0 Å². The number of carbonyl (C=O) groups excluding carboxylic acids is 1. The number of aromatic nitrogens is 3. The minimum absolute atomic E-state index is 0.192. The smallest absolute Gasteiger partial charge is 0.233 e. The van der Waals surface area contributed by atoms with Crippen LogP contribution in [-0.4, -0.2) is 26.0 Å². The number of aryl methyl sites for hydroxylation is 1. The number of nitrogens with zero attached hydrogens (tertiary/aromatic N) is 3. The molecule has 0 radical (unpaired) electrons. The largest absolute Gasteiger partial charge is 0.332 e. The molecule has 6 heteroatoms. The van der Waals surface area contributed by atoms with Crippen LogP contribution < -0.4 is 5.32 Å². The minimum Gasteiger partial charge on any atom is -0.332 e. The van der Waals surface area contributed by atoms with Gasteiger partial charge in [0.2, 0.25) is 5.91 Å². The quantitative estimate of drug-likeness (QED) is 0.631. The summed E-state index contributed by atoms with van der Waals surface area (Å²) in [4.78, 5) is 20.5. The fraction of sp³-hybridized carbons (Fsp3) is 0.375. The Morgan fingerprint density at radius 2 is 1.87 bits per heavy atom. The first-order valence-electron chi connectivity index (χ1n) is 10.8. The Morgan fingerprint density at radius 1 is 1.00 bits per heavy atom. The molecule has 5 rings (SSSR count). The molecule has 2 aliphatic rings. The predicted molar refractivity (Wildman–Crippen MR) is 116 cm³/mol. The van der Waals surface area contributed by atoms with Gasteiger partial charge in [-0.05, 0) is 43.9 Å². The van der Waals surface area contributed by atoms with Gasteiger partial charge >= 0.3 is 0 Å². The van der Waals surface area contributed by atoms with Crippen LogP contribution in [0.4, 0.5) is 11.6 Å². The molecule has 30 heavy (non-hydrogen) atoms. The van der Waals surface area contributed by atoms with Gasteiger partial charge < -0.3 is 10.2 Å². The second-order valence-electron chi connectivity index (χ2n) is 8.59. The molecule has 0 aliphatic carbocycles. The zero-order valence-electron chi connectivity index (χ0n) is 17.3. The predicted octanol–water partition coefficient (Wildman–Crippen LogP) is 4.46. The van der Waals surface area contributed by atoms with Crippen molar-refractivity contribution in [2.24, 2.45) is 0 Å². The molecule has 4 bridgehead atoms. The Bertz CT molecular complexity index is 1060. The summed E-state index contributed by atoms with van der Waals surface area (Å²) in [7, 11) is 0. The third-order valence-electron chi connectivity index (χ3n) is 6.48. The highest BCUT2D eigenvalue weighted by Crippen LogP contribution is 2.37. The fourth-order valence-corrected chi connectivity index (χ4v) is 4.69. The molecular weight excluding hydrogens is 374 g/mol. The number of hydrogen-bond acceptors (Lipinski definition) is 4. The zero-order valence-corrected chi connectivity index (χ0v) is 17.3. The summed E-state index contributed by atoms with van der Waals surface area (Å²) in [5, 5.41) is 10.9. The summed E-state index contributed by atoms with van der Waals surface area (Å²) in [6, 6.07) is 16.3.